The third-order valence-electron chi connectivity index (χ3n) is 6.95. The number of rotatable bonds is 6. The smallest absolute Gasteiger partial charge is 0.467 e. The van der Waals surface area contributed by atoms with Crippen molar-refractivity contribution >= 4 is 35.2 Å². The number of hydrogen-bond donors (Lipinski definition) is 3. The van der Waals surface area contributed by atoms with Gasteiger partial charge in [0.15, 0.2) is 0 Å². The van der Waals surface area contributed by atoms with E-state index in [4.69, 9.17) is 27.8 Å². The van der Waals surface area contributed by atoms with Crippen molar-refractivity contribution in [3.63, 3.8) is 0 Å². The summed E-state index contributed by atoms with van der Waals surface area (Å²) < 4.78 is 38.4. The van der Waals surface area contributed by atoms with E-state index >= 15 is 0 Å². The molecule has 0 aliphatic carbocycles. The van der Waals surface area contributed by atoms with E-state index in [9.17, 15) is 18.0 Å². The number of amidine groups is 1. The van der Waals surface area contributed by atoms with E-state index in [2.05, 4.69) is 34.4 Å². The second-order valence-electron chi connectivity index (χ2n) is 10.00. The average Bonchev–Trinajstić information content (AvgIpc) is 3.31. The standard InChI is InChI=1S/C22H30N7.C8H4ClF3O.K/c1-15-5-7-18(25-2)13-17(15)6-8-19-20(21(23)24)22(26-3)29(27-19)14-16-9-11-28(4)12-10-16;9-7-2-1-5(4-13)3-6(7)8(10,11)12;/h5,7,13,16,25H,9-12,14H2,1-4H3,(H3,23,24);1-4H;/q-1;;+1. The van der Waals surface area contributed by atoms with E-state index in [1.165, 1.54) is 6.07 Å². The van der Waals surface area contributed by atoms with Gasteiger partial charge in [0.2, 0.25) is 0 Å². The van der Waals surface area contributed by atoms with E-state index in [0.29, 0.717) is 29.3 Å². The van der Waals surface area contributed by atoms with Crippen LogP contribution in [0.25, 0.3) is 5.32 Å². The summed E-state index contributed by atoms with van der Waals surface area (Å²) in [6.45, 7) is 4.99. The molecular formula is C30H34ClF3KN7O. The fraction of sp³-hybridized carbons (Fsp3) is 0.367. The molecule has 3 aromatic rings. The van der Waals surface area contributed by atoms with Gasteiger partial charge < -0.3 is 25.9 Å². The molecular weight excluding hydrogens is 606 g/mol. The Bertz CT molecular complexity index is 1490. The predicted molar refractivity (Wildman–Crippen MR) is 161 cm³/mol. The van der Waals surface area contributed by atoms with Gasteiger partial charge in [0.05, 0.1) is 16.1 Å². The van der Waals surface area contributed by atoms with Crippen LogP contribution in [0.2, 0.25) is 5.02 Å². The van der Waals surface area contributed by atoms with E-state index in [0.717, 1.165) is 61.4 Å². The minimum Gasteiger partial charge on any atom is -0.467 e. The summed E-state index contributed by atoms with van der Waals surface area (Å²) in [6.07, 6.45) is -1.92. The number of carbonyl (C=O) groups excluding carboxylic acids is 1. The normalized spacial score (nSPS) is 13.5. The summed E-state index contributed by atoms with van der Waals surface area (Å²) in [7, 11) is 5.76. The number of nitrogens with zero attached hydrogens (tertiary/aromatic N) is 4. The number of aromatic nitrogens is 2. The van der Waals surface area contributed by atoms with Gasteiger partial charge in [0, 0.05) is 23.9 Å². The van der Waals surface area contributed by atoms with Crippen LogP contribution < -0.4 is 62.4 Å². The first-order valence-corrected chi connectivity index (χ1v) is 13.6. The Morgan fingerprint density at radius 1 is 1.23 bits per heavy atom. The van der Waals surface area contributed by atoms with Crippen LogP contribution in [0.15, 0.2) is 36.4 Å². The van der Waals surface area contributed by atoms with Gasteiger partial charge in [-0.25, -0.2) is 5.10 Å². The maximum absolute atomic E-state index is 12.2. The number of aryl methyl sites for hydroxylation is 1. The molecule has 43 heavy (non-hydrogen) atoms. The average molecular weight is 640 g/mol. The van der Waals surface area contributed by atoms with Gasteiger partial charge in [-0.05, 0) is 93.9 Å². The number of benzene rings is 2. The minimum atomic E-state index is -4.52. The summed E-state index contributed by atoms with van der Waals surface area (Å²) in [5.41, 5.74) is 8.91. The number of carbonyl (C=O) groups is 1. The summed E-state index contributed by atoms with van der Waals surface area (Å²) in [5, 5.41) is 19.9. The molecule has 4 N–H and O–H groups in total. The fourth-order valence-electron chi connectivity index (χ4n) is 4.50. The first kappa shape index (κ1) is 36.8. The van der Waals surface area contributed by atoms with Crippen molar-refractivity contribution in [3.05, 3.63) is 80.2 Å². The number of alkyl halides is 3. The van der Waals surface area contributed by atoms with Crippen molar-refractivity contribution in [2.24, 2.45) is 11.7 Å². The van der Waals surface area contributed by atoms with Crippen LogP contribution in [0.4, 0.5) is 24.7 Å². The van der Waals surface area contributed by atoms with Crippen LogP contribution in [-0.4, -0.2) is 61.0 Å². The predicted octanol–water partition coefficient (Wildman–Crippen LogP) is 3.07. The zero-order valence-electron chi connectivity index (χ0n) is 24.9. The zero-order valence-corrected chi connectivity index (χ0v) is 28.8. The fourth-order valence-corrected chi connectivity index (χ4v) is 4.73. The maximum atomic E-state index is 12.2. The zero-order chi connectivity index (χ0) is 31.0. The Balaban J connectivity index is 0.000000388. The van der Waals surface area contributed by atoms with Crippen LogP contribution >= 0.6 is 11.6 Å². The molecule has 1 aliphatic heterocycles. The molecule has 0 bridgehead atoms. The monoisotopic (exact) mass is 639 g/mol. The van der Waals surface area contributed by atoms with E-state index in [1.54, 1.807) is 7.05 Å². The Morgan fingerprint density at radius 3 is 2.47 bits per heavy atom. The van der Waals surface area contributed by atoms with Gasteiger partial charge >= 0.3 is 57.6 Å². The van der Waals surface area contributed by atoms with E-state index in [-0.39, 0.29) is 62.8 Å². The maximum Gasteiger partial charge on any atom is 1.00 e. The molecule has 0 radical (unpaired) electrons. The quantitative estimate of drug-likeness (QED) is 0.126. The van der Waals surface area contributed by atoms with Crippen LogP contribution in [0.3, 0.4) is 0 Å². The van der Waals surface area contributed by atoms with E-state index < -0.39 is 16.8 Å². The summed E-state index contributed by atoms with van der Waals surface area (Å²) in [4.78, 5) is 12.5. The molecule has 0 unspecified atom stereocenters. The molecule has 8 nitrogen and oxygen atoms in total. The van der Waals surface area contributed by atoms with Gasteiger partial charge in [-0.15, -0.1) is 0 Å². The molecule has 0 atom stereocenters. The first-order chi connectivity index (χ1) is 19.9. The molecule has 1 saturated heterocycles. The largest absolute Gasteiger partial charge is 1.00 e. The number of aldehydes is 1. The minimum absolute atomic E-state index is 0. The number of halogens is 4. The SMILES string of the molecule is C[N-]c1c(C(=N)N)c(C#Cc2cc(NC)ccc2C)nn1CC1CCN(C)CC1.O=Cc1ccc(Cl)c(C(F)(F)F)c1.[K+]. The van der Waals surface area contributed by atoms with Gasteiger partial charge in [-0.1, -0.05) is 36.7 Å². The van der Waals surface area contributed by atoms with Crippen LogP contribution in [0, 0.1) is 30.1 Å². The second-order valence-corrected chi connectivity index (χ2v) is 10.4. The Hall–Kier alpha value is -2.37. The van der Waals surface area contributed by atoms with Crippen molar-refractivity contribution in [2.45, 2.75) is 32.5 Å². The Kier molecular flexibility index (Phi) is 14.2. The van der Waals surface area contributed by atoms with Crippen molar-refractivity contribution in [1.29, 1.82) is 5.41 Å². The summed E-state index contributed by atoms with van der Waals surface area (Å²) in [5.74, 6) is 7.48. The van der Waals surface area contributed by atoms with Gasteiger partial charge in [0.25, 0.3) is 0 Å². The van der Waals surface area contributed by atoms with Crippen LogP contribution in [-0.2, 0) is 12.7 Å². The molecule has 4 rings (SSSR count). The first-order valence-electron chi connectivity index (χ1n) is 13.2. The molecule has 0 spiro atoms. The summed E-state index contributed by atoms with van der Waals surface area (Å²) in [6, 6.07) is 9.06. The van der Waals surface area contributed by atoms with Crippen molar-refractivity contribution in [3.8, 4) is 11.8 Å². The molecule has 1 aliphatic rings. The molecule has 0 saturated carbocycles. The van der Waals surface area contributed by atoms with Gasteiger partial charge in [-0.2, -0.15) is 13.2 Å². The number of nitrogen functional groups attached to an aromatic ring is 1. The summed E-state index contributed by atoms with van der Waals surface area (Å²) >= 11 is 5.30. The second kappa shape index (κ2) is 16.6. The molecule has 2 aromatic carbocycles. The number of nitrogens with two attached hydrogens (primary N) is 1. The number of hydrogen-bond acceptors (Lipinski definition) is 5. The molecule has 0 amide bonds. The number of piperidine rings is 1. The topological polar surface area (TPSA) is 114 Å². The van der Waals surface area contributed by atoms with Crippen LogP contribution in [0.5, 0.6) is 0 Å². The molecule has 1 fully saturated rings. The van der Waals surface area contributed by atoms with Gasteiger partial charge in [-0.3, -0.25) is 10.2 Å². The number of anilines is 1. The number of likely N-dealkylation sites (tertiary alicyclic amines) is 1. The Labute approximate surface area is 297 Å². The third-order valence-corrected chi connectivity index (χ3v) is 7.28. The third kappa shape index (κ3) is 10.1. The van der Waals surface area contributed by atoms with Gasteiger partial charge in [0.1, 0.15) is 17.8 Å². The van der Waals surface area contributed by atoms with Crippen molar-refractivity contribution in [2.75, 3.05) is 39.5 Å². The molecule has 1 aromatic heterocycles. The number of nitrogens with one attached hydrogen (secondary N) is 2. The van der Waals surface area contributed by atoms with Crippen LogP contribution in [0.1, 0.15) is 51.1 Å². The Morgan fingerprint density at radius 2 is 1.91 bits per heavy atom. The van der Waals surface area contributed by atoms with Crippen molar-refractivity contribution in [1.82, 2.24) is 14.7 Å². The molecule has 224 valence electrons. The molecule has 13 heteroatoms. The van der Waals surface area contributed by atoms with E-state index in [1.807, 2.05) is 36.9 Å². The van der Waals surface area contributed by atoms with Crippen molar-refractivity contribution < 1.29 is 69.4 Å². The molecule has 2 heterocycles.